The van der Waals surface area contributed by atoms with Gasteiger partial charge in [-0.15, -0.1) is 0 Å². The highest BCUT2D eigenvalue weighted by Crippen LogP contribution is 2.33. The van der Waals surface area contributed by atoms with Gasteiger partial charge in [-0.25, -0.2) is 19.1 Å². The number of cyclic esters (lactones) is 1. The molecule has 2 amide bonds. The number of anilines is 2. The zero-order chi connectivity index (χ0) is 21.5. The van der Waals surface area contributed by atoms with E-state index in [1.54, 1.807) is 0 Å². The van der Waals surface area contributed by atoms with Crippen LogP contribution in [0.1, 0.15) is 16.8 Å². The van der Waals surface area contributed by atoms with Crippen LogP contribution in [-0.2, 0) is 15.7 Å². The maximum absolute atomic E-state index is 13.5. The minimum absolute atomic E-state index is 0.0308. The molecule has 0 saturated carbocycles. The smallest absolute Gasteiger partial charge is 0.416 e. The lowest BCUT2D eigenvalue weighted by Crippen LogP contribution is -2.47. The van der Waals surface area contributed by atoms with Crippen LogP contribution in [0, 0.1) is 19.7 Å². The second-order valence-corrected chi connectivity index (χ2v) is 6.65. The summed E-state index contributed by atoms with van der Waals surface area (Å²) >= 11 is 0. The molecule has 0 N–H and O–H groups in total. The Kier molecular flexibility index (Phi) is 5.20. The van der Waals surface area contributed by atoms with Crippen LogP contribution in [0.4, 0.5) is 33.9 Å². The quantitative estimate of drug-likeness (QED) is 0.720. The fourth-order valence-corrected chi connectivity index (χ4v) is 2.98. The van der Waals surface area contributed by atoms with Crippen LogP contribution in [0.15, 0.2) is 30.3 Å². The van der Waals surface area contributed by atoms with Crippen molar-refractivity contribution in [2.75, 3.05) is 23.5 Å². The highest BCUT2D eigenvalue weighted by molar-refractivity contribution is 6.05. The van der Waals surface area contributed by atoms with Gasteiger partial charge in [0.2, 0.25) is 0 Å². The Hall–Kier alpha value is -3.17. The molecule has 29 heavy (non-hydrogen) atoms. The predicted molar refractivity (Wildman–Crippen MR) is 96.1 cm³/mol. The summed E-state index contributed by atoms with van der Waals surface area (Å²) in [6, 6.07) is 4.35. The molecule has 0 bridgehead atoms. The molecular formula is C19H17F4N3O3. The van der Waals surface area contributed by atoms with Gasteiger partial charge < -0.3 is 9.64 Å². The highest BCUT2D eigenvalue weighted by Gasteiger charge is 2.43. The number of hydrogen-bond donors (Lipinski definition) is 0. The Labute approximate surface area is 163 Å². The molecule has 1 aromatic carbocycles. The van der Waals surface area contributed by atoms with Crippen molar-refractivity contribution in [3.8, 4) is 0 Å². The van der Waals surface area contributed by atoms with Gasteiger partial charge in [-0.3, -0.25) is 4.79 Å². The third kappa shape index (κ3) is 4.01. The summed E-state index contributed by atoms with van der Waals surface area (Å²) in [5.41, 5.74) is -0.286. The summed E-state index contributed by atoms with van der Waals surface area (Å²) in [6.45, 7) is 2.53. The molecule has 3 rings (SSSR count). The van der Waals surface area contributed by atoms with Crippen molar-refractivity contribution in [3.63, 3.8) is 0 Å². The van der Waals surface area contributed by atoms with E-state index in [-0.39, 0.29) is 18.1 Å². The summed E-state index contributed by atoms with van der Waals surface area (Å²) in [4.78, 5) is 31.1. The number of nitrogens with zero attached hydrogens (tertiary/aromatic N) is 3. The Bertz CT molecular complexity index is 978. The van der Waals surface area contributed by atoms with Crippen LogP contribution in [0.2, 0.25) is 0 Å². The first-order chi connectivity index (χ1) is 13.5. The van der Waals surface area contributed by atoms with E-state index in [0.29, 0.717) is 17.3 Å². The first kappa shape index (κ1) is 20.6. The van der Waals surface area contributed by atoms with Gasteiger partial charge in [0.25, 0.3) is 5.91 Å². The summed E-state index contributed by atoms with van der Waals surface area (Å²) in [5.74, 6) is -1.39. The number of ether oxygens (including phenoxy) is 1. The number of pyridine rings is 1. The van der Waals surface area contributed by atoms with Crippen molar-refractivity contribution in [1.29, 1.82) is 0 Å². The Balaban J connectivity index is 1.95. The molecule has 1 saturated heterocycles. The number of halogens is 4. The topological polar surface area (TPSA) is 62.7 Å². The molecule has 154 valence electrons. The number of hydrogen-bond acceptors (Lipinski definition) is 4. The fraction of sp³-hybridized carbons (Fsp3) is 0.316. The number of likely N-dealkylation sites (N-methyl/N-ethyl adjacent to an activating group) is 1. The molecule has 2 heterocycles. The lowest BCUT2D eigenvalue weighted by Gasteiger charge is -2.26. The predicted octanol–water partition coefficient (Wildman–Crippen LogP) is 3.84. The average Bonchev–Trinajstić information content (AvgIpc) is 3.03. The maximum Gasteiger partial charge on any atom is 0.416 e. The van der Waals surface area contributed by atoms with Crippen LogP contribution in [0.3, 0.4) is 0 Å². The van der Waals surface area contributed by atoms with Crippen molar-refractivity contribution in [1.82, 2.24) is 4.98 Å². The molecule has 0 spiro atoms. The molecule has 1 unspecified atom stereocenters. The second kappa shape index (κ2) is 7.34. The lowest BCUT2D eigenvalue weighted by atomic mass is 10.1. The molecule has 0 aliphatic carbocycles. The average molecular weight is 411 g/mol. The lowest BCUT2D eigenvalue weighted by molar-refractivity contribution is -0.137. The number of amides is 2. The first-order valence-electron chi connectivity index (χ1n) is 8.54. The fourth-order valence-electron chi connectivity index (χ4n) is 2.98. The molecule has 6 nitrogen and oxygen atoms in total. The summed E-state index contributed by atoms with van der Waals surface area (Å²) in [5, 5.41) is 0. The van der Waals surface area contributed by atoms with Gasteiger partial charge >= 0.3 is 12.3 Å². The number of benzene rings is 1. The number of aryl methyl sites for hydroxylation is 2. The van der Waals surface area contributed by atoms with E-state index in [1.807, 2.05) is 0 Å². The van der Waals surface area contributed by atoms with Crippen LogP contribution in [0.5, 0.6) is 0 Å². The van der Waals surface area contributed by atoms with Crippen LogP contribution < -0.4 is 9.80 Å². The number of rotatable bonds is 3. The molecular weight excluding hydrogens is 394 g/mol. The van der Waals surface area contributed by atoms with E-state index in [0.717, 1.165) is 11.0 Å². The molecule has 10 heteroatoms. The molecule has 0 radical (unpaired) electrons. The van der Waals surface area contributed by atoms with Gasteiger partial charge in [0.15, 0.2) is 6.04 Å². The summed E-state index contributed by atoms with van der Waals surface area (Å²) in [7, 11) is 1.42. The van der Waals surface area contributed by atoms with E-state index < -0.39 is 35.6 Å². The number of carbonyl (C=O) groups excluding carboxylic acids is 2. The van der Waals surface area contributed by atoms with E-state index in [2.05, 4.69) is 4.98 Å². The highest BCUT2D eigenvalue weighted by atomic mass is 19.4. The van der Waals surface area contributed by atoms with Gasteiger partial charge in [-0.2, -0.15) is 13.2 Å². The SMILES string of the molecule is Cc1cc(C(F)(F)F)cc(N2C(=O)OCC2C(=O)N(C)c2ccc(F)c(C)c2)n1. The summed E-state index contributed by atoms with van der Waals surface area (Å²) < 4.78 is 57.8. The molecule has 1 aliphatic rings. The van der Waals surface area contributed by atoms with E-state index in [9.17, 15) is 27.2 Å². The minimum atomic E-state index is -4.64. The van der Waals surface area contributed by atoms with Crippen LogP contribution in [-0.4, -0.2) is 36.7 Å². The number of carbonyl (C=O) groups is 2. The van der Waals surface area contributed by atoms with Crippen molar-refractivity contribution < 1.29 is 31.9 Å². The summed E-state index contributed by atoms with van der Waals surface area (Å²) in [6.07, 6.45) is -5.62. The molecule has 1 aromatic heterocycles. The van der Waals surface area contributed by atoms with Crippen LogP contribution >= 0.6 is 0 Å². The molecule has 1 atom stereocenters. The molecule has 2 aromatic rings. The third-order valence-electron chi connectivity index (χ3n) is 4.53. The normalized spacial score (nSPS) is 16.7. The van der Waals surface area contributed by atoms with E-state index in [4.69, 9.17) is 4.74 Å². The third-order valence-corrected chi connectivity index (χ3v) is 4.53. The van der Waals surface area contributed by atoms with Gasteiger partial charge in [-0.05, 0) is 49.7 Å². The van der Waals surface area contributed by atoms with Crippen LogP contribution in [0.25, 0.3) is 0 Å². The number of aromatic nitrogens is 1. The van der Waals surface area contributed by atoms with Crippen molar-refractivity contribution in [2.24, 2.45) is 0 Å². The van der Waals surface area contributed by atoms with E-state index >= 15 is 0 Å². The Morgan fingerprint density at radius 3 is 2.55 bits per heavy atom. The Morgan fingerprint density at radius 1 is 1.24 bits per heavy atom. The minimum Gasteiger partial charge on any atom is -0.446 e. The molecule has 1 aliphatic heterocycles. The van der Waals surface area contributed by atoms with E-state index in [1.165, 1.54) is 44.0 Å². The monoisotopic (exact) mass is 411 g/mol. The van der Waals surface area contributed by atoms with Gasteiger partial charge in [0.1, 0.15) is 18.2 Å². The first-order valence-corrected chi connectivity index (χ1v) is 8.54. The standard InChI is InChI=1S/C19H17F4N3O3/c1-10-6-13(4-5-14(10)20)25(3)17(27)15-9-29-18(28)26(15)16-8-12(19(21,22)23)7-11(2)24-16/h4-8,15H,9H2,1-3H3. The zero-order valence-electron chi connectivity index (χ0n) is 15.7. The second-order valence-electron chi connectivity index (χ2n) is 6.65. The van der Waals surface area contributed by atoms with Crippen molar-refractivity contribution >= 4 is 23.5 Å². The van der Waals surface area contributed by atoms with Gasteiger partial charge in [0.05, 0.1) is 5.56 Å². The zero-order valence-corrected chi connectivity index (χ0v) is 15.7. The number of alkyl halides is 3. The van der Waals surface area contributed by atoms with Crippen molar-refractivity contribution in [2.45, 2.75) is 26.1 Å². The Morgan fingerprint density at radius 2 is 1.93 bits per heavy atom. The maximum atomic E-state index is 13.5. The molecule has 1 fully saturated rings. The van der Waals surface area contributed by atoms with Gasteiger partial charge in [-0.1, -0.05) is 0 Å². The van der Waals surface area contributed by atoms with Gasteiger partial charge in [0, 0.05) is 18.4 Å². The largest absolute Gasteiger partial charge is 0.446 e. The van der Waals surface area contributed by atoms with Crippen molar-refractivity contribution in [3.05, 3.63) is 53.0 Å².